The van der Waals surface area contributed by atoms with Crippen molar-refractivity contribution in [2.75, 3.05) is 18.3 Å². The normalized spacial score (nSPS) is 11.2. The molecule has 0 spiro atoms. The Bertz CT molecular complexity index is 859. The van der Waals surface area contributed by atoms with Crippen LogP contribution in [0, 0.1) is 13.8 Å². The SMILES string of the molecule is CCCN(C)C(=O)c1ccc(NS(=O)(=O)c2cc(C)ccc2C)cc1. The smallest absolute Gasteiger partial charge is 0.262 e. The molecule has 0 aliphatic carbocycles. The van der Waals surface area contributed by atoms with Crippen LogP contribution in [0.5, 0.6) is 0 Å². The summed E-state index contributed by atoms with van der Waals surface area (Å²) in [5.41, 5.74) is 2.53. The van der Waals surface area contributed by atoms with Crippen LogP contribution in [0.1, 0.15) is 34.8 Å². The number of nitrogens with one attached hydrogen (secondary N) is 1. The van der Waals surface area contributed by atoms with Crippen molar-refractivity contribution in [2.45, 2.75) is 32.1 Å². The Kier molecular flexibility index (Phi) is 5.85. The van der Waals surface area contributed by atoms with E-state index in [0.717, 1.165) is 12.0 Å². The molecule has 2 aromatic rings. The maximum atomic E-state index is 12.6. The third-order valence-corrected chi connectivity index (χ3v) is 5.45. The van der Waals surface area contributed by atoms with Crippen molar-refractivity contribution < 1.29 is 13.2 Å². The maximum Gasteiger partial charge on any atom is 0.262 e. The van der Waals surface area contributed by atoms with Crippen LogP contribution in [-0.4, -0.2) is 32.8 Å². The standard InChI is InChI=1S/C19H24N2O3S/c1-5-12-21(4)19(22)16-8-10-17(11-9-16)20-25(23,24)18-13-14(2)6-7-15(18)3/h6-11,13,20H,5,12H2,1-4H3. The van der Waals surface area contributed by atoms with Gasteiger partial charge >= 0.3 is 0 Å². The number of rotatable bonds is 6. The van der Waals surface area contributed by atoms with E-state index in [0.29, 0.717) is 23.4 Å². The van der Waals surface area contributed by atoms with Crippen LogP contribution >= 0.6 is 0 Å². The minimum atomic E-state index is -3.67. The van der Waals surface area contributed by atoms with E-state index in [9.17, 15) is 13.2 Å². The second kappa shape index (κ2) is 7.70. The molecule has 0 aliphatic heterocycles. The summed E-state index contributed by atoms with van der Waals surface area (Å²) in [4.78, 5) is 14.1. The number of carbonyl (C=O) groups is 1. The van der Waals surface area contributed by atoms with Crippen LogP contribution in [0.15, 0.2) is 47.4 Å². The van der Waals surface area contributed by atoms with Crippen molar-refractivity contribution in [3.63, 3.8) is 0 Å². The zero-order chi connectivity index (χ0) is 18.6. The molecule has 0 atom stereocenters. The summed E-state index contributed by atoms with van der Waals surface area (Å²) in [6.07, 6.45) is 0.885. The Morgan fingerprint density at radius 2 is 1.72 bits per heavy atom. The predicted molar refractivity (Wildman–Crippen MR) is 100 cm³/mol. The van der Waals surface area contributed by atoms with Crippen LogP contribution in [0.4, 0.5) is 5.69 Å². The molecule has 0 bridgehead atoms. The molecule has 0 saturated carbocycles. The molecule has 25 heavy (non-hydrogen) atoms. The molecule has 0 fully saturated rings. The molecule has 0 radical (unpaired) electrons. The van der Waals surface area contributed by atoms with E-state index >= 15 is 0 Å². The second-order valence-electron chi connectivity index (χ2n) is 6.18. The Labute approximate surface area is 149 Å². The fourth-order valence-electron chi connectivity index (χ4n) is 2.55. The van der Waals surface area contributed by atoms with Gasteiger partial charge < -0.3 is 4.90 Å². The van der Waals surface area contributed by atoms with E-state index in [2.05, 4.69) is 4.72 Å². The minimum Gasteiger partial charge on any atom is -0.342 e. The van der Waals surface area contributed by atoms with E-state index in [1.807, 2.05) is 19.9 Å². The van der Waals surface area contributed by atoms with Gasteiger partial charge in [0.05, 0.1) is 4.90 Å². The first-order valence-electron chi connectivity index (χ1n) is 8.20. The lowest BCUT2D eigenvalue weighted by atomic mass is 10.2. The number of hydrogen-bond acceptors (Lipinski definition) is 3. The van der Waals surface area contributed by atoms with Gasteiger partial charge in [-0.2, -0.15) is 0 Å². The number of carbonyl (C=O) groups excluding carboxylic acids is 1. The van der Waals surface area contributed by atoms with Crippen molar-refractivity contribution in [3.05, 3.63) is 59.2 Å². The molecule has 0 aliphatic rings. The number of nitrogens with zero attached hydrogens (tertiary/aromatic N) is 1. The lowest BCUT2D eigenvalue weighted by Crippen LogP contribution is -2.27. The van der Waals surface area contributed by atoms with E-state index in [1.54, 1.807) is 55.3 Å². The highest BCUT2D eigenvalue weighted by Gasteiger charge is 2.17. The Hall–Kier alpha value is -2.34. The molecule has 134 valence electrons. The van der Waals surface area contributed by atoms with Crippen LogP contribution in [0.3, 0.4) is 0 Å². The van der Waals surface area contributed by atoms with Gasteiger partial charge in [-0.05, 0) is 61.7 Å². The topological polar surface area (TPSA) is 66.5 Å². The summed E-state index contributed by atoms with van der Waals surface area (Å²) in [6, 6.07) is 11.8. The largest absolute Gasteiger partial charge is 0.342 e. The summed E-state index contributed by atoms with van der Waals surface area (Å²) in [5.74, 6) is -0.0780. The van der Waals surface area contributed by atoms with Crippen molar-refractivity contribution in [2.24, 2.45) is 0 Å². The zero-order valence-corrected chi connectivity index (χ0v) is 15.9. The summed E-state index contributed by atoms with van der Waals surface area (Å²) in [6.45, 7) is 6.31. The number of anilines is 1. The van der Waals surface area contributed by atoms with Crippen LogP contribution in [0.25, 0.3) is 0 Å². The quantitative estimate of drug-likeness (QED) is 0.856. The van der Waals surface area contributed by atoms with Crippen LogP contribution in [-0.2, 0) is 10.0 Å². The van der Waals surface area contributed by atoms with Crippen molar-refractivity contribution in [3.8, 4) is 0 Å². The molecule has 2 rings (SSSR count). The van der Waals surface area contributed by atoms with E-state index in [4.69, 9.17) is 0 Å². The molecule has 5 nitrogen and oxygen atoms in total. The van der Waals surface area contributed by atoms with Gasteiger partial charge in [-0.15, -0.1) is 0 Å². The van der Waals surface area contributed by atoms with Gasteiger partial charge in [0, 0.05) is 24.8 Å². The molecular formula is C19H24N2O3S. The van der Waals surface area contributed by atoms with E-state index < -0.39 is 10.0 Å². The molecule has 0 unspecified atom stereocenters. The Balaban J connectivity index is 2.20. The summed E-state index contributed by atoms with van der Waals surface area (Å²) in [5, 5.41) is 0. The van der Waals surface area contributed by atoms with Crippen molar-refractivity contribution >= 4 is 21.6 Å². The molecule has 1 N–H and O–H groups in total. The van der Waals surface area contributed by atoms with E-state index in [1.165, 1.54) is 0 Å². The van der Waals surface area contributed by atoms with Gasteiger partial charge in [0.25, 0.3) is 15.9 Å². The average Bonchev–Trinajstić information content (AvgIpc) is 2.57. The van der Waals surface area contributed by atoms with Gasteiger partial charge in [-0.25, -0.2) is 8.42 Å². The fourth-order valence-corrected chi connectivity index (χ4v) is 3.93. The van der Waals surface area contributed by atoms with Crippen molar-refractivity contribution in [1.29, 1.82) is 0 Å². The first-order chi connectivity index (χ1) is 11.7. The number of aryl methyl sites for hydroxylation is 2. The van der Waals surface area contributed by atoms with E-state index in [-0.39, 0.29) is 10.8 Å². The monoisotopic (exact) mass is 360 g/mol. The molecule has 6 heteroatoms. The van der Waals surface area contributed by atoms with Crippen molar-refractivity contribution in [1.82, 2.24) is 4.90 Å². The second-order valence-corrected chi connectivity index (χ2v) is 7.83. The summed E-state index contributed by atoms with van der Waals surface area (Å²) >= 11 is 0. The molecular weight excluding hydrogens is 336 g/mol. The summed E-state index contributed by atoms with van der Waals surface area (Å²) < 4.78 is 27.8. The number of hydrogen-bond donors (Lipinski definition) is 1. The average molecular weight is 360 g/mol. The van der Waals surface area contributed by atoms with Gasteiger partial charge in [0.2, 0.25) is 0 Å². The molecule has 2 aromatic carbocycles. The highest BCUT2D eigenvalue weighted by Crippen LogP contribution is 2.21. The van der Waals surface area contributed by atoms with Crippen LogP contribution in [0.2, 0.25) is 0 Å². The fraction of sp³-hybridized carbons (Fsp3) is 0.316. The third-order valence-electron chi connectivity index (χ3n) is 3.92. The van der Waals surface area contributed by atoms with Gasteiger partial charge in [0.1, 0.15) is 0 Å². The van der Waals surface area contributed by atoms with Crippen LogP contribution < -0.4 is 4.72 Å². The predicted octanol–water partition coefficient (Wildman–Crippen LogP) is 3.59. The Morgan fingerprint density at radius 1 is 1.08 bits per heavy atom. The minimum absolute atomic E-state index is 0.0780. The number of amides is 1. The van der Waals surface area contributed by atoms with Gasteiger partial charge in [0.15, 0.2) is 0 Å². The Morgan fingerprint density at radius 3 is 2.32 bits per heavy atom. The lowest BCUT2D eigenvalue weighted by Gasteiger charge is -2.16. The first-order valence-corrected chi connectivity index (χ1v) is 9.68. The molecule has 0 aromatic heterocycles. The highest BCUT2D eigenvalue weighted by molar-refractivity contribution is 7.92. The molecule has 1 amide bonds. The van der Waals surface area contributed by atoms with Gasteiger partial charge in [-0.1, -0.05) is 19.1 Å². The number of sulfonamides is 1. The first kappa shape index (κ1) is 19.0. The zero-order valence-electron chi connectivity index (χ0n) is 15.0. The lowest BCUT2D eigenvalue weighted by molar-refractivity contribution is 0.0795. The molecule has 0 heterocycles. The third kappa shape index (κ3) is 4.60. The van der Waals surface area contributed by atoms with Gasteiger partial charge in [-0.3, -0.25) is 9.52 Å². The maximum absolute atomic E-state index is 12.6. The molecule has 0 saturated heterocycles. The highest BCUT2D eigenvalue weighted by atomic mass is 32.2. The summed E-state index contributed by atoms with van der Waals surface area (Å²) in [7, 11) is -1.92. The number of benzene rings is 2.